The zero-order valence-electron chi connectivity index (χ0n) is 8.05. The lowest BCUT2D eigenvalue weighted by Crippen LogP contribution is -2.02. The highest BCUT2D eigenvalue weighted by Gasteiger charge is 2.15. The standard InChI is InChI=1S/C11H10FN3/c12-8-1-2-9-10(5-8)13-4-3-7-6-14-15-11(7)9/h1-2,5-6,13H,3-4H2,(H,14,15). The van der Waals surface area contributed by atoms with Crippen molar-refractivity contribution in [3.63, 3.8) is 0 Å². The van der Waals surface area contributed by atoms with Gasteiger partial charge in [0, 0.05) is 17.8 Å². The Hall–Kier alpha value is -1.84. The number of anilines is 1. The predicted molar refractivity (Wildman–Crippen MR) is 56.2 cm³/mol. The quantitative estimate of drug-likeness (QED) is 0.689. The van der Waals surface area contributed by atoms with Crippen LogP contribution in [0.5, 0.6) is 0 Å². The zero-order chi connectivity index (χ0) is 10.3. The molecule has 0 amide bonds. The number of benzene rings is 1. The number of nitrogens with zero attached hydrogens (tertiary/aromatic N) is 1. The summed E-state index contributed by atoms with van der Waals surface area (Å²) < 4.78 is 13.1. The van der Waals surface area contributed by atoms with Gasteiger partial charge in [0.25, 0.3) is 0 Å². The molecule has 0 aliphatic carbocycles. The van der Waals surface area contributed by atoms with Gasteiger partial charge < -0.3 is 5.32 Å². The largest absolute Gasteiger partial charge is 0.384 e. The van der Waals surface area contributed by atoms with Crippen molar-refractivity contribution in [2.75, 3.05) is 11.9 Å². The molecule has 2 aromatic rings. The molecule has 1 aliphatic heterocycles. The average Bonchev–Trinajstić information content (AvgIpc) is 2.61. The van der Waals surface area contributed by atoms with Crippen LogP contribution in [0.3, 0.4) is 0 Å². The number of fused-ring (bicyclic) bond motifs is 3. The molecule has 1 aromatic heterocycles. The van der Waals surface area contributed by atoms with E-state index in [9.17, 15) is 4.39 Å². The summed E-state index contributed by atoms with van der Waals surface area (Å²) in [7, 11) is 0. The number of aromatic nitrogens is 2. The van der Waals surface area contributed by atoms with Crippen LogP contribution in [0.1, 0.15) is 5.56 Å². The molecule has 0 bridgehead atoms. The maximum absolute atomic E-state index is 13.1. The Labute approximate surface area is 86.3 Å². The summed E-state index contributed by atoms with van der Waals surface area (Å²) in [6.45, 7) is 0.809. The molecule has 0 radical (unpaired) electrons. The second-order valence-corrected chi connectivity index (χ2v) is 3.64. The van der Waals surface area contributed by atoms with E-state index in [1.54, 1.807) is 6.07 Å². The maximum Gasteiger partial charge on any atom is 0.125 e. The summed E-state index contributed by atoms with van der Waals surface area (Å²) in [5.74, 6) is -0.218. The minimum atomic E-state index is -0.218. The van der Waals surface area contributed by atoms with Crippen LogP contribution in [0.2, 0.25) is 0 Å². The van der Waals surface area contributed by atoms with Crippen LogP contribution in [-0.4, -0.2) is 16.7 Å². The smallest absolute Gasteiger partial charge is 0.125 e. The first kappa shape index (κ1) is 8.47. The van der Waals surface area contributed by atoms with Crippen LogP contribution >= 0.6 is 0 Å². The van der Waals surface area contributed by atoms with Crippen LogP contribution in [0, 0.1) is 5.82 Å². The summed E-state index contributed by atoms with van der Waals surface area (Å²) in [5, 5.41) is 10.2. The number of hydrogen-bond donors (Lipinski definition) is 2. The lowest BCUT2D eigenvalue weighted by atomic mass is 10.1. The van der Waals surface area contributed by atoms with Crippen molar-refractivity contribution in [1.82, 2.24) is 10.2 Å². The van der Waals surface area contributed by atoms with Crippen molar-refractivity contribution in [2.45, 2.75) is 6.42 Å². The van der Waals surface area contributed by atoms with Crippen LogP contribution < -0.4 is 5.32 Å². The minimum Gasteiger partial charge on any atom is -0.384 e. The Morgan fingerprint density at radius 1 is 1.33 bits per heavy atom. The lowest BCUT2D eigenvalue weighted by Gasteiger charge is -2.06. The second kappa shape index (κ2) is 3.08. The Morgan fingerprint density at radius 2 is 2.27 bits per heavy atom. The summed E-state index contributed by atoms with van der Waals surface area (Å²) in [6, 6.07) is 4.77. The Bertz CT molecular complexity index is 504. The molecule has 0 spiro atoms. The van der Waals surface area contributed by atoms with E-state index in [1.807, 2.05) is 6.20 Å². The van der Waals surface area contributed by atoms with Crippen molar-refractivity contribution in [1.29, 1.82) is 0 Å². The van der Waals surface area contributed by atoms with Gasteiger partial charge in [-0.2, -0.15) is 5.10 Å². The summed E-state index contributed by atoms with van der Waals surface area (Å²) in [6.07, 6.45) is 2.73. The lowest BCUT2D eigenvalue weighted by molar-refractivity contribution is 0.628. The van der Waals surface area contributed by atoms with Gasteiger partial charge in [0.05, 0.1) is 11.9 Å². The molecule has 0 saturated heterocycles. The highest BCUT2D eigenvalue weighted by Crippen LogP contribution is 2.31. The van der Waals surface area contributed by atoms with Crippen LogP contribution in [0.4, 0.5) is 10.1 Å². The number of aromatic amines is 1. The highest BCUT2D eigenvalue weighted by molar-refractivity contribution is 5.78. The monoisotopic (exact) mass is 203 g/mol. The summed E-state index contributed by atoms with van der Waals surface area (Å²) >= 11 is 0. The van der Waals surface area contributed by atoms with Gasteiger partial charge in [-0.1, -0.05) is 0 Å². The van der Waals surface area contributed by atoms with Crippen molar-refractivity contribution in [3.8, 4) is 11.3 Å². The van der Waals surface area contributed by atoms with Crippen molar-refractivity contribution in [2.24, 2.45) is 0 Å². The van der Waals surface area contributed by atoms with Gasteiger partial charge in [0.1, 0.15) is 5.82 Å². The molecule has 3 nitrogen and oxygen atoms in total. The molecule has 15 heavy (non-hydrogen) atoms. The van der Waals surface area contributed by atoms with E-state index in [0.29, 0.717) is 0 Å². The molecule has 0 saturated carbocycles. The normalized spacial score (nSPS) is 13.7. The minimum absolute atomic E-state index is 0.218. The molecule has 3 rings (SSSR count). The molecule has 0 fully saturated rings. The zero-order valence-corrected chi connectivity index (χ0v) is 8.05. The second-order valence-electron chi connectivity index (χ2n) is 3.64. The maximum atomic E-state index is 13.1. The van der Waals surface area contributed by atoms with Gasteiger partial charge in [-0.15, -0.1) is 0 Å². The molecule has 2 N–H and O–H groups in total. The molecule has 4 heteroatoms. The van der Waals surface area contributed by atoms with Crippen molar-refractivity contribution >= 4 is 5.69 Å². The van der Waals surface area contributed by atoms with Crippen molar-refractivity contribution in [3.05, 3.63) is 35.8 Å². The first-order chi connectivity index (χ1) is 7.34. The number of H-pyrrole nitrogens is 1. The number of hydrogen-bond acceptors (Lipinski definition) is 2. The average molecular weight is 203 g/mol. The third-order valence-electron chi connectivity index (χ3n) is 2.68. The fourth-order valence-corrected chi connectivity index (χ4v) is 1.95. The Morgan fingerprint density at radius 3 is 3.20 bits per heavy atom. The van der Waals surface area contributed by atoms with E-state index in [4.69, 9.17) is 0 Å². The number of rotatable bonds is 0. The molecule has 0 atom stereocenters. The fraction of sp³-hybridized carbons (Fsp3) is 0.182. The molecule has 2 heterocycles. The van der Waals surface area contributed by atoms with Crippen LogP contribution in [-0.2, 0) is 6.42 Å². The third kappa shape index (κ3) is 1.29. The number of nitrogens with one attached hydrogen (secondary N) is 2. The van der Waals surface area contributed by atoms with E-state index in [1.165, 1.54) is 17.7 Å². The number of halogens is 1. The first-order valence-electron chi connectivity index (χ1n) is 4.90. The predicted octanol–water partition coefficient (Wildman–Crippen LogP) is 2.18. The van der Waals surface area contributed by atoms with E-state index >= 15 is 0 Å². The first-order valence-corrected chi connectivity index (χ1v) is 4.90. The Balaban J connectivity index is 2.25. The van der Waals surface area contributed by atoms with Gasteiger partial charge in [-0.25, -0.2) is 4.39 Å². The molecule has 1 aromatic carbocycles. The summed E-state index contributed by atoms with van der Waals surface area (Å²) in [5.41, 5.74) is 3.99. The molecule has 0 unspecified atom stereocenters. The van der Waals surface area contributed by atoms with Gasteiger partial charge >= 0.3 is 0 Å². The summed E-state index contributed by atoms with van der Waals surface area (Å²) in [4.78, 5) is 0. The molecule has 1 aliphatic rings. The van der Waals surface area contributed by atoms with Gasteiger partial charge in [-0.3, -0.25) is 5.10 Å². The molecular formula is C11H10FN3. The Kier molecular flexibility index (Phi) is 1.74. The van der Waals surface area contributed by atoms with E-state index < -0.39 is 0 Å². The molecule has 76 valence electrons. The van der Waals surface area contributed by atoms with Crippen LogP contribution in [0.15, 0.2) is 24.4 Å². The van der Waals surface area contributed by atoms with E-state index in [2.05, 4.69) is 15.5 Å². The van der Waals surface area contributed by atoms with Crippen LogP contribution in [0.25, 0.3) is 11.3 Å². The van der Waals surface area contributed by atoms with Gasteiger partial charge in [0.15, 0.2) is 0 Å². The van der Waals surface area contributed by atoms with Crippen molar-refractivity contribution < 1.29 is 4.39 Å². The highest BCUT2D eigenvalue weighted by atomic mass is 19.1. The SMILES string of the molecule is Fc1ccc2c(c1)NCCc1cn[nH]c1-2. The van der Waals surface area contributed by atoms with Gasteiger partial charge in [0.2, 0.25) is 0 Å². The van der Waals surface area contributed by atoms with E-state index in [-0.39, 0.29) is 5.82 Å². The third-order valence-corrected chi connectivity index (χ3v) is 2.68. The molecular weight excluding hydrogens is 193 g/mol. The topological polar surface area (TPSA) is 40.7 Å². The fourth-order valence-electron chi connectivity index (χ4n) is 1.95. The van der Waals surface area contributed by atoms with E-state index in [0.717, 1.165) is 29.9 Å². The van der Waals surface area contributed by atoms with Gasteiger partial charge in [-0.05, 0) is 30.2 Å².